The second-order valence-electron chi connectivity index (χ2n) is 2.03. The number of hydrogen-bond donors (Lipinski definition) is 0. The molecule has 0 radical (unpaired) electrons. The molecule has 0 aliphatic carbocycles. The second kappa shape index (κ2) is 3.70. The van der Waals surface area contributed by atoms with Crippen molar-refractivity contribution in [1.82, 2.24) is 0 Å². The third kappa shape index (κ3) is 1.65. The van der Waals surface area contributed by atoms with E-state index in [0.717, 1.165) is 9.16 Å². The van der Waals surface area contributed by atoms with Gasteiger partial charge in [0.1, 0.15) is 0 Å². The molecule has 0 N–H and O–H groups in total. The Bertz CT molecular complexity index is 145. The molecule has 2 aliphatic heterocycles. The topological polar surface area (TPSA) is 0 Å². The fourth-order valence-electron chi connectivity index (χ4n) is 0.883. The second-order valence-corrected chi connectivity index (χ2v) is 7.48. The van der Waals surface area contributed by atoms with Gasteiger partial charge in [-0.2, -0.15) is 0 Å². The Balaban J connectivity index is 2.02. The van der Waals surface area contributed by atoms with E-state index >= 15 is 0 Å². The molecule has 1 saturated heterocycles. The fourth-order valence-corrected chi connectivity index (χ4v) is 7.68. The summed E-state index contributed by atoms with van der Waals surface area (Å²) in [6, 6.07) is 0. The molecule has 2 aliphatic rings. The van der Waals surface area contributed by atoms with E-state index in [0.29, 0.717) is 0 Å². The van der Waals surface area contributed by atoms with Gasteiger partial charge in [-0.3, -0.25) is 0 Å². The average molecular weight is 208 g/mol. The predicted octanol–water partition coefficient (Wildman–Crippen LogP) is 3.07. The largest absolute Gasteiger partial charge is 0.141 e. The Labute approximate surface area is 78.4 Å². The summed E-state index contributed by atoms with van der Waals surface area (Å²) in [7, 11) is 0. The molecule has 2 unspecified atom stereocenters. The molecule has 2 atom stereocenters. The Hall–Kier alpha value is 1.14. The van der Waals surface area contributed by atoms with Crippen LogP contribution in [0.4, 0.5) is 0 Å². The fraction of sp³-hybridized carbons (Fsp3) is 0.667. The molecule has 0 aromatic carbocycles. The summed E-state index contributed by atoms with van der Waals surface area (Å²) in [6.45, 7) is 0. The van der Waals surface area contributed by atoms with Gasteiger partial charge in [0.05, 0.1) is 9.16 Å². The molecular weight excluding hydrogens is 200 g/mol. The summed E-state index contributed by atoms with van der Waals surface area (Å²) < 4.78 is 1.68. The summed E-state index contributed by atoms with van der Waals surface area (Å²) in [6.07, 6.45) is 2.27. The molecule has 56 valence electrons. The average Bonchev–Trinajstić information content (AvgIpc) is 2.28. The van der Waals surface area contributed by atoms with E-state index in [9.17, 15) is 0 Å². The highest BCUT2D eigenvalue weighted by Gasteiger charge is 2.29. The van der Waals surface area contributed by atoms with Crippen molar-refractivity contribution in [3.05, 3.63) is 11.5 Å². The van der Waals surface area contributed by atoms with Crippen LogP contribution < -0.4 is 0 Å². The van der Waals surface area contributed by atoms with Crippen LogP contribution in [0.3, 0.4) is 0 Å². The lowest BCUT2D eigenvalue weighted by atomic mass is 10.8. The minimum Gasteiger partial charge on any atom is -0.141 e. The van der Waals surface area contributed by atoms with E-state index in [2.05, 4.69) is 46.8 Å². The maximum absolute atomic E-state index is 2.27. The van der Waals surface area contributed by atoms with Crippen molar-refractivity contribution in [3.8, 4) is 0 Å². The van der Waals surface area contributed by atoms with Crippen molar-refractivity contribution >= 4 is 47.0 Å². The number of rotatable bonds is 0. The minimum atomic E-state index is 0.828. The van der Waals surface area contributed by atoms with Gasteiger partial charge in [-0.1, -0.05) is 6.08 Å². The van der Waals surface area contributed by atoms with Crippen LogP contribution in [0.5, 0.6) is 0 Å². The number of hydrogen-bond acceptors (Lipinski definition) is 4. The monoisotopic (exact) mass is 208 g/mol. The molecule has 0 amide bonds. The molecule has 0 saturated carbocycles. The van der Waals surface area contributed by atoms with Crippen LogP contribution >= 0.6 is 47.0 Å². The molecule has 0 bridgehead atoms. The highest BCUT2D eigenvalue weighted by atomic mass is 32.3. The predicted molar refractivity (Wildman–Crippen MR) is 56.8 cm³/mol. The van der Waals surface area contributed by atoms with Gasteiger partial charge in [-0.25, -0.2) is 0 Å². The lowest BCUT2D eigenvalue weighted by molar-refractivity contribution is 1.39. The molecule has 4 heteroatoms. The lowest BCUT2D eigenvalue weighted by Gasteiger charge is -2.10. The SMILES string of the molecule is C1=CSC2SCSC2SC1. The molecule has 2 rings (SSSR count). The summed E-state index contributed by atoms with van der Waals surface area (Å²) in [5, 5.41) is 3.56. The lowest BCUT2D eigenvalue weighted by Crippen LogP contribution is -2.04. The molecule has 0 nitrogen and oxygen atoms in total. The first-order valence-corrected chi connectivity index (χ1v) is 7.21. The molecule has 0 aromatic rings. The van der Waals surface area contributed by atoms with E-state index in [4.69, 9.17) is 0 Å². The van der Waals surface area contributed by atoms with Crippen LogP contribution in [-0.4, -0.2) is 20.0 Å². The van der Waals surface area contributed by atoms with Gasteiger partial charge in [0.15, 0.2) is 0 Å². The van der Waals surface area contributed by atoms with E-state index in [1.165, 1.54) is 10.8 Å². The van der Waals surface area contributed by atoms with Crippen LogP contribution in [-0.2, 0) is 0 Å². The quantitative estimate of drug-likeness (QED) is 0.600. The van der Waals surface area contributed by atoms with Crippen molar-refractivity contribution in [2.45, 2.75) is 9.16 Å². The minimum absolute atomic E-state index is 0.828. The van der Waals surface area contributed by atoms with Gasteiger partial charge >= 0.3 is 0 Å². The zero-order valence-corrected chi connectivity index (χ0v) is 8.62. The number of fused-ring (bicyclic) bond motifs is 1. The normalized spacial score (nSPS) is 39.2. The van der Waals surface area contributed by atoms with Crippen molar-refractivity contribution in [2.24, 2.45) is 0 Å². The van der Waals surface area contributed by atoms with Gasteiger partial charge in [-0.15, -0.1) is 47.0 Å². The standard InChI is InChI=1S/C6H8S4/c1-2-7-5-6(8-3-1)10-4-9-5/h1-2,5-6H,3-4H2. The van der Waals surface area contributed by atoms with Gasteiger partial charge in [0, 0.05) is 10.8 Å². The molecule has 0 spiro atoms. The third-order valence-corrected chi connectivity index (χ3v) is 7.77. The van der Waals surface area contributed by atoms with Crippen molar-refractivity contribution in [3.63, 3.8) is 0 Å². The van der Waals surface area contributed by atoms with Crippen LogP contribution in [0.25, 0.3) is 0 Å². The van der Waals surface area contributed by atoms with Crippen LogP contribution in [0.1, 0.15) is 0 Å². The van der Waals surface area contributed by atoms with Gasteiger partial charge < -0.3 is 0 Å². The van der Waals surface area contributed by atoms with E-state index < -0.39 is 0 Å². The van der Waals surface area contributed by atoms with Crippen molar-refractivity contribution in [1.29, 1.82) is 0 Å². The van der Waals surface area contributed by atoms with Crippen molar-refractivity contribution in [2.75, 3.05) is 10.8 Å². The first-order chi connectivity index (χ1) is 4.97. The van der Waals surface area contributed by atoms with Gasteiger partial charge in [0.25, 0.3) is 0 Å². The Morgan fingerprint density at radius 1 is 1.10 bits per heavy atom. The number of thioether (sulfide) groups is 4. The zero-order valence-electron chi connectivity index (χ0n) is 5.36. The first kappa shape index (κ1) is 7.77. The zero-order chi connectivity index (χ0) is 6.81. The highest BCUT2D eigenvalue weighted by Crippen LogP contribution is 2.49. The molecular formula is C6H8S4. The summed E-state index contributed by atoms with van der Waals surface area (Å²) in [5.74, 6) is 1.21. The molecule has 1 fully saturated rings. The van der Waals surface area contributed by atoms with E-state index in [1.807, 2.05) is 11.8 Å². The van der Waals surface area contributed by atoms with Gasteiger partial charge in [-0.05, 0) is 5.41 Å². The summed E-state index contributed by atoms with van der Waals surface area (Å²) in [4.78, 5) is 0. The van der Waals surface area contributed by atoms with Crippen LogP contribution in [0.2, 0.25) is 0 Å². The summed E-state index contributed by atoms with van der Waals surface area (Å²) in [5.41, 5.74) is 0. The Morgan fingerprint density at radius 3 is 3.00 bits per heavy atom. The van der Waals surface area contributed by atoms with Crippen molar-refractivity contribution < 1.29 is 0 Å². The van der Waals surface area contributed by atoms with E-state index in [-0.39, 0.29) is 0 Å². The molecule has 0 aromatic heterocycles. The first-order valence-electron chi connectivity index (χ1n) is 3.12. The van der Waals surface area contributed by atoms with E-state index in [1.54, 1.807) is 0 Å². The maximum Gasteiger partial charge on any atom is 0.0762 e. The molecule has 10 heavy (non-hydrogen) atoms. The summed E-state index contributed by atoms with van der Waals surface area (Å²) >= 11 is 8.28. The van der Waals surface area contributed by atoms with Crippen LogP contribution in [0, 0.1) is 0 Å². The Kier molecular flexibility index (Phi) is 2.87. The molecule has 2 heterocycles. The van der Waals surface area contributed by atoms with Gasteiger partial charge in [0.2, 0.25) is 0 Å². The highest BCUT2D eigenvalue weighted by molar-refractivity contribution is 8.33. The van der Waals surface area contributed by atoms with Crippen LogP contribution in [0.15, 0.2) is 11.5 Å². The maximum atomic E-state index is 2.27. The smallest absolute Gasteiger partial charge is 0.0762 e. The Morgan fingerprint density at radius 2 is 2.00 bits per heavy atom. The third-order valence-electron chi connectivity index (χ3n) is 1.35.